The topological polar surface area (TPSA) is 132 Å². The quantitative estimate of drug-likeness (QED) is 0.132. The minimum Gasteiger partial charge on any atom is -0.457 e. The fourth-order valence-electron chi connectivity index (χ4n) is 4.97. The molecule has 1 saturated heterocycles. The van der Waals surface area contributed by atoms with Crippen molar-refractivity contribution >= 4 is 42.3 Å². The second-order valence-corrected chi connectivity index (χ2v) is 11.1. The zero-order chi connectivity index (χ0) is 33.4. The van der Waals surface area contributed by atoms with E-state index >= 15 is 0 Å². The summed E-state index contributed by atoms with van der Waals surface area (Å²) in [6, 6.07) is 31.8. The Labute approximate surface area is 276 Å². The van der Waals surface area contributed by atoms with Crippen molar-refractivity contribution in [3.05, 3.63) is 144 Å². The van der Waals surface area contributed by atoms with E-state index in [2.05, 4.69) is 12.6 Å². The largest absolute Gasteiger partial charge is 0.457 e. The van der Waals surface area contributed by atoms with E-state index in [4.69, 9.17) is 23.7 Å². The van der Waals surface area contributed by atoms with Gasteiger partial charge in [0.15, 0.2) is 24.1 Å². The second-order valence-electron chi connectivity index (χ2n) is 10.6. The van der Waals surface area contributed by atoms with Crippen molar-refractivity contribution in [2.45, 2.75) is 36.3 Å². The Hall–Kier alpha value is -5.26. The van der Waals surface area contributed by atoms with Gasteiger partial charge in [0.2, 0.25) is 5.60 Å². The van der Waals surface area contributed by atoms with Crippen LogP contribution in [0.25, 0.3) is 0 Å². The maximum absolute atomic E-state index is 13.7. The molecule has 0 aliphatic carbocycles. The highest BCUT2D eigenvalue weighted by Crippen LogP contribution is 2.39. The molecule has 10 nitrogen and oxygen atoms in total. The monoisotopic (exact) mass is 654 g/mol. The highest BCUT2D eigenvalue weighted by molar-refractivity contribution is 7.80. The van der Waals surface area contributed by atoms with Gasteiger partial charge in [-0.2, -0.15) is 0 Å². The van der Waals surface area contributed by atoms with Gasteiger partial charge in [-0.25, -0.2) is 19.2 Å². The van der Waals surface area contributed by atoms with Crippen molar-refractivity contribution in [2.24, 2.45) is 0 Å². The highest BCUT2D eigenvalue weighted by Gasteiger charge is 2.62. The van der Waals surface area contributed by atoms with Crippen LogP contribution in [0, 0.1) is 0 Å². The Balaban J connectivity index is 1.56. The fraction of sp³-hybridized carbons (Fsp3) is 0.194. The first-order chi connectivity index (χ1) is 22.7. The number of rotatable bonds is 11. The Kier molecular flexibility index (Phi) is 10.5. The molecule has 5 rings (SSSR count). The van der Waals surface area contributed by atoms with Crippen LogP contribution in [-0.2, 0) is 28.5 Å². The summed E-state index contributed by atoms with van der Waals surface area (Å²) in [5.74, 6) is -4.21. The van der Waals surface area contributed by atoms with Crippen molar-refractivity contribution in [3.63, 3.8) is 0 Å². The molecular formula is C36H30O10S. The SMILES string of the molecule is CC(=O)[C@](COC(=O)c1ccccc1)(OC(=O)c1ccccc1)[C@@H]1O[C@@H](S)[C@H](OC(=O)c2ccccc2)[C@H]1OC(=O)c1ccccc1. The molecule has 0 aromatic heterocycles. The molecule has 5 atom stereocenters. The maximum atomic E-state index is 13.7. The molecule has 1 aliphatic heterocycles. The molecule has 0 saturated carbocycles. The lowest BCUT2D eigenvalue weighted by Gasteiger charge is -2.37. The van der Waals surface area contributed by atoms with Crippen LogP contribution in [0.15, 0.2) is 121 Å². The van der Waals surface area contributed by atoms with Crippen molar-refractivity contribution < 1.29 is 47.7 Å². The predicted octanol–water partition coefficient (Wildman–Crippen LogP) is 5.13. The highest BCUT2D eigenvalue weighted by atomic mass is 32.1. The Morgan fingerprint density at radius 1 is 0.596 bits per heavy atom. The van der Waals surface area contributed by atoms with Gasteiger partial charge in [0.25, 0.3) is 0 Å². The van der Waals surface area contributed by atoms with Gasteiger partial charge in [-0.05, 0) is 55.5 Å². The first kappa shape index (κ1) is 33.1. The van der Waals surface area contributed by atoms with Crippen LogP contribution in [0.2, 0.25) is 0 Å². The summed E-state index contributed by atoms with van der Waals surface area (Å²) >= 11 is 4.48. The van der Waals surface area contributed by atoms with E-state index in [-0.39, 0.29) is 22.3 Å². The number of hydrogen-bond acceptors (Lipinski definition) is 11. The third kappa shape index (κ3) is 7.59. The van der Waals surface area contributed by atoms with Gasteiger partial charge < -0.3 is 23.7 Å². The van der Waals surface area contributed by atoms with Gasteiger partial charge in [-0.15, -0.1) is 12.6 Å². The van der Waals surface area contributed by atoms with Crippen LogP contribution in [-0.4, -0.2) is 65.6 Å². The average molecular weight is 655 g/mol. The molecule has 240 valence electrons. The normalized spacial score (nSPS) is 19.9. The van der Waals surface area contributed by atoms with Crippen LogP contribution < -0.4 is 0 Å². The summed E-state index contributed by atoms with van der Waals surface area (Å²) < 4.78 is 29.2. The minimum atomic E-state index is -2.39. The van der Waals surface area contributed by atoms with Gasteiger partial charge in [0.05, 0.1) is 22.3 Å². The Morgan fingerprint density at radius 2 is 0.979 bits per heavy atom. The summed E-state index contributed by atoms with van der Waals surface area (Å²) in [5.41, 5.74) is -3.09. The average Bonchev–Trinajstić information content (AvgIpc) is 3.41. The van der Waals surface area contributed by atoms with E-state index in [1.165, 1.54) is 48.5 Å². The molecular weight excluding hydrogens is 624 g/mol. The first-order valence-corrected chi connectivity index (χ1v) is 15.1. The molecule has 1 heterocycles. The zero-order valence-electron chi connectivity index (χ0n) is 25.1. The van der Waals surface area contributed by atoms with Crippen LogP contribution in [0.4, 0.5) is 0 Å². The number of benzene rings is 4. The Morgan fingerprint density at radius 3 is 1.40 bits per heavy atom. The number of hydrogen-bond donors (Lipinski definition) is 1. The molecule has 1 aliphatic rings. The first-order valence-electron chi connectivity index (χ1n) is 14.6. The van der Waals surface area contributed by atoms with Gasteiger partial charge in [-0.1, -0.05) is 72.8 Å². The number of carbonyl (C=O) groups excluding carboxylic acids is 5. The lowest BCUT2D eigenvalue weighted by Crippen LogP contribution is -2.60. The molecule has 0 N–H and O–H groups in total. The lowest BCUT2D eigenvalue weighted by molar-refractivity contribution is -0.169. The molecule has 4 aromatic rings. The summed E-state index contributed by atoms with van der Waals surface area (Å²) in [7, 11) is 0. The number of carbonyl (C=O) groups is 5. The third-order valence-electron chi connectivity index (χ3n) is 7.46. The van der Waals surface area contributed by atoms with Crippen molar-refractivity contribution in [1.29, 1.82) is 0 Å². The molecule has 0 amide bonds. The third-order valence-corrected chi connectivity index (χ3v) is 7.88. The zero-order valence-corrected chi connectivity index (χ0v) is 26.0. The van der Waals surface area contributed by atoms with Crippen LogP contribution in [0.5, 0.6) is 0 Å². The van der Waals surface area contributed by atoms with E-state index in [1.54, 1.807) is 72.8 Å². The van der Waals surface area contributed by atoms with Crippen LogP contribution in [0.1, 0.15) is 48.4 Å². The molecule has 0 radical (unpaired) electrons. The predicted molar refractivity (Wildman–Crippen MR) is 171 cm³/mol. The van der Waals surface area contributed by atoms with Gasteiger partial charge in [0.1, 0.15) is 12.0 Å². The number of Topliss-reactive ketones (excluding diaryl/α,β-unsaturated/α-hetero) is 1. The summed E-state index contributed by atoms with van der Waals surface area (Å²) in [4.78, 5) is 66.9. The van der Waals surface area contributed by atoms with Crippen molar-refractivity contribution in [3.8, 4) is 0 Å². The molecule has 0 bridgehead atoms. The van der Waals surface area contributed by atoms with Gasteiger partial charge in [0, 0.05) is 0 Å². The molecule has 4 aromatic carbocycles. The molecule has 1 fully saturated rings. The van der Waals surface area contributed by atoms with Crippen LogP contribution >= 0.6 is 12.6 Å². The molecule has 0 spiro atoms. The van der Waals surface area contributed by atoms with E-state index in [0.717, 1.165) is 6.92 Å². The smallest absolute Gasteiger partial charge is 0.339 e. The summed E-state index contributed by atoms with van der Waals surface area (Å²) in [6.45, 7) is 0.281. The van der Waals surface area contributed by atoms with Gasteiger partial charge >= 0.3 is 23.9 Å². The van der Waals surface area contributed by atoms with Crippen LogP contribution in [0.3, 0.4) is 0 Å². The maximum Gasteiger partial charge on any atom is 0.339 e. The Bertz CT molecular complexity index is 1720. The summed E-state index contributed by atoms with van der Waals surface area (Å²) in [6.07, 6.45) is -4.62. The standard InChI is InChI=1S/C36H30O10S/c1-23(37)36(46-34(41)27-20-12-5-13-21-27,22-42-31(38)24-14-6-2-7-15-24)30-28(43-32(39)25-16-8-3-9-17-25)29(35(47)45-30)44-33(40)26-18-10-4-11-19-26/h2-21,28-30,35,47H,22H2,1H3/t28-,29-,30-,35+,36+/m1/s1. The van der Waals surface area contributed by atoms with E-state index in [9.17, 15) is 24.0 Å². The molecule has 0 unspecified atom stereocenters. The summed E-state index contributed by atoms with van der Waals surface area (Å²) in [5, 5.41) is 0. The van der Waals surface area contributed by atoms with Crippen molar-refractivity contribution in [2.75, 3.05) is 6.61 Å². The number of ketones is 1. The number of ether oxygens (including phenoxy) is 5. The number of thiol groups is 1. The van der Waals surface area contributed by atoms with Gasteiger partial charge in [-0.3, -0.25) is 4.79 Å². The molecule has 11 heteroatoms. The minimum absolute atomic E-state index is 0.0813. The molecule has 47 heavy (non-hydrogen) atoms. The van der Waals surface area contributed by atoms with Crippen molar-refractivity contribution in [1.82, 2.24) is 0 Å². The van der Waals surface area contributed by atoms with E-state index in [0.29, 0.717) is 0 Å². The van der Waals surface area contributed by atoms with E-state index in [1.807, 2.05) is 0 Å². The fourth-order valence-corrected chi connectivity index (χ4v) is 5.33. The lowest BCUT2D eigenvalue weighted by atomic mass is 9.88. The second kappa shape index (κ2) is 14.9. The number of esters is 4. The van der Waals surface area contributed by atoms with E-state index < -0.39 is 65.6 Å².